The third kappa shape index (κ3) is 19.9. The maximum Gasteiger partial charge on any atom is 0.220 e. The van der Waals surface area contributed by atoms with E-state index in [1.54, 1.807) is 6.92 Å². The summed E-state index contributed by atoms with van der Waals surface area (Å²) in [6.45, 7) is 4.01. The van der Waals surface area contributed by atoms with Crippen molar-refractivity contribution < 1.29 is 54.5 Å². The number of aliphatic hydroxyl groups excluding tert-OH is 6. The van der Waals surface area contributed by atoms with Gasteiger partial charge in [0, 0.05) is 32.4 Å². The van der Waals surface area contributed by atoms with E-state index in [2.05, 4.69) is 16.0 Å². The molecule has 0 spiro atoms. The molecular formula is C35H67N3O11. The molecule has 2 unspecified atom stereocenters. The van der Waals surface area contributed by atoms with Gasteiger partial charge in [0.2, 0.25) is 17.7 Å². The molecule has 8 atom stereocenters. The fourth-order valence-corrected chi connectivity index (χ4v) is 5.68. The van der Waals surface area contributed by atoms with Gasteiger partial charge in [-0.1, -0.05) is 78.1 Å². The summed E-state index contributed by atoms with van der Waals surface area (Å²) in [7, 11) is 0. The van der Waals surface area contributed by atoms with Crippen LogP contribution in [0.25, 0.3) is 0 Å². The summed E-state index contributed by atoms with van der Waals surface area (Å²) < 4.78 is 10.8. The number of hydrogen-bond acceptors (Lipinski definition) is 11. The van der Waals surface area contributed by atoms with Gasteiger partial charge in [-0.3, -0.25) is 14.4 Å². The molecule has 1 rings (SSSR count). The van der Waals surface area contributed by atoms with Crippen LogP contribution in [0.1, 0.15) is 129 Å². The van der Waals surface area contributed by atoms with Crippen LogP contribution in [0.3, 0.4) is 0 Å². The molecule has 1 aliphatic rings. The molecular weight excluding hydrogens is 638 g/mol. The first kappa shape index (κ1) is 45.1. The number of rotatable bonds is 29. The summed E-state index contributed by atoms with van der Waals surface area (Å²) in [5, 5.41) is 68.8. The minimum Gasteiger partial charge on any atom is -0.394 e. The Hall–Kier alpha value is -1.91. The van der Waals surface area contributed by atoms with Gasteiger partial charge in [-0.05, 0) is 32.1 Å². The van der Waals surface area contributed by atoms with Crippen LogP contribution in [-0.2, 0) is 23.9 Å². The zero-order valence-corrected chi connectivity index (χ0v) is 29.9. The highest BCUT2D eigenvalue weighted by Gasteiger charge is 2.44. The Morgan fingerprint density at radius 2 is 1.16 bits per heavy atom. The van der Waals surface area contributed by atoms with E-state index in [0.29, 0.717) is 25.8 Å². The molecule has 0 aromatic heterocycles. The Bertz CT molecular complexity index is 882. The number of carbonyl (C=O) groups is 3. The highest BCUT2D eigenvalue weighted by atomic mass is 16.7. The average molecular weight is 706 g/mol. The molecule has 9 N–H and O–H groups in total. The van der Waals surface area contributed by atoms with Gasteiger partial charge in [-0.15, -0.1) is 0 Å². The topological polar surface area (TPSA) is 227 Å². The number of carbonyl (C=O) groups excluding carboxylic acids is 3. The second-order valence-electron chi connectivity index (χ2n) is 13.2. The quantitative estimate of drug-likeness (QED) is 0.0504. The van der Waals surface area contributed by atoms with Crippen molar-refractivity contribution in [3.05, 3.63) is 0 Å². The van der Waals surface area contributed by atoms with E-state index in [1.807, 2.05) is 6.92 Å². The van der Waals surface area contributed by atoms with E-state index >= 15 is 0 Å². The molecule has 0 bridgehead atoms. The maximum atomic E-state index is 12.6. The van der Waals surface area contributed by atoms with Gasteiger partial charge < -0.3 is 56.1 Å². The lowest BCUT2D eigenvalue weighted by molar-refractivity contribution is -0.303. The van der Waals surface area contributed by atoms with Crippen LogP contribution >= 0.6 is 0 Å². The molecule has 49 heavy (non-hydrogen) atoms. The van der Waals surface area contributed by atoms with Crippen LogP contribution in [0.15, 0.2) is 0 Å². The molecule has 1 aliphatic heterocycles. The van der Waals surface area contributed by atoms with Crippen molar-refractivity contribution in [2.45, 2.75) is 178 Å². The number of ether oxygens (including phenoxy) is 2. The summed E-state index contributed by atoms with van der Waals surface area (Å²) in [6, 6.07) is -1.02. The second kappa shape index (κ2) is 27.8. The number of hydrogen-bond donors (Lipinski definition) is 9. The van der Waals surface area contributed by atoms with Gasteiger partial charge in [0.15, 0.2) is 6.29 Å². The van der Waals surface area contributed by atoms with Crippen LogP contribution in [0.4, 0.5) is 0 Å². The molecule has 0 saturated carbocycles. The van der Waals surface area contributed by atoms with Crippen molar-refractivity contribution in [3.63, 3.8) is 0 Å². The highest BCUT2D eigenvalue weighted by molar-refractivity contribution is 5.76. The smallest absolute Gasteiger partial charge is 0.220 e. The number of nitrogens with one attached hydrogen (secondary N) is 3. The Kier molecular flexibility index (Phi) is 25.6. The second-order valence-corrected chi connectivity index (χ2v) is 13.2. The van der Waals surface area contributed by atoms with E-state index in [9.17, 15) is 45.0 Å². The Balaban J connectivity index is 2.11. The van der Waals surface area contributed by atoms with Crippen molar-refractivity contribution in [1.82, 2.24) is 16.0 Å². The molecule has 1 fully saturated rings. The first-order valence-electron chi connectivity index (χ1n) is 18.7. The zero-order valence-electron chi connectivity index (χ0n) is 29.9. The van der Waals surface area contributed by atoms with E-state index in [-0.39, 0.29) is 37.2 Å². The van der Waals surface area contributed by atoms with Crippen LogP contribution < -0.4 is 16.0 Å². The molecule has 0 aliphatic carbocycles. The summed E-state index contributed by atoms with van der Waals surface area (Å²) in [4.78, 5) is 35.8. The standard InChI is InChI=1S/C35H67N3O11/c1-3-26(40)31(44)25(24-48-35-34(47)33(46)32(45)27(23-39)49-35)38-30(43)20-16-11-8-6-5-7-9-13-18-22-37-29(42)19-15-12-10-14-17-21-36-28(41)4-2/h25-27,31-35,39-40,44-47H,3-24H2,1-2H3,(H,36,41)(H,37,42)(H,38,43)/t25-,26+,27?,31-,32-,33-,34?,35-/m0/s1. The molecule has 3 amide bonds. The lowest BCUT2D eigenvalue weighted by atomic mass is 9.99. The first-order valence-corrected chi connectivity index (χ1v) is 18.7. The molecule has 0 aromatic rings. The van der Waals surface area contributed by atoms with E-state index < -0.39 is 55.6 Å². The van der Waals surface area contributed by atoms with Crippen LogP contribution in [0, 0.1) is 0 Å². The highest BCUT2D eigenvalue weighted by Crippen LogP contribution is 2.22. The van der Waals surface area contributed by atoms with Crippen molar-refractivity contribution in [1.29, 1.82) is 0 Å². The van der Waals surface area contributed by atoms with Gasteiger partial charge in [0.1, 0.15) is 30.5 Å². The third-order valence-corrected chi connectivity index (χ3v) is 8.99. The van der Waals surface area contributed by atoms with E-state index in [0.717, 1.165) is 90.0 Å². The molecule has 1 heterocycles. The minimum absolute atomic E-state index is 0.0930. The van der Waals surface area contributed by atoms with Crippen molar-refractivity contribution in [2.75, 3.05) is 26.3 Å². The number of amides is 3. The van der Waals surface area contributed by atoms with Crippen molar-refractivity contribution in [3.8, 4) is 0 Å². The molecule has 0 aromatic carbocycles. The SMILES string of the molecule is CCC(=O)NCCCCCCCC(=O)NCCCCCCCCCCCC(=O)N[C@@H](CO[C@H]1OC(CO)[C@H](O)[C@H](O)C1O)[C@H](O)[C@H](O)CC. The van der Waals surface area contributed by atoms with Gasteiger partial charge in [-0.2, -0.15) is 0 Å². The summed E-state index contributed by atoms with van der Waals surface area (Å²) in [6.07, 6.45) is 5.81. The van der Waals surface area contributed by atoms with Crippen LogP contribution in [0.5, 0.6) is 0 Å². The summed E-state index contributed by atoms with van der Waals surface area (Å²) >= 11 is 0. The van der Waals surface area contributed by atoms with E-state index in [4.69, 9.17) is 9.47 Å². The largest absolute Gasteiger partial charge is 0.394 e. The van der Waals surface area contributed by atoms with Gasteiger partial charge in [0.25, 0.3) is 0 Å². The molecule has 1 saturated heterocycles. The lowest BCUT2D eigenvalue weighted by Gasteiger charge is -2.40. The fourth-order valence-electron chi connectivity index (χ4n) is 5.68. The Morgan fingerprint density at radius 3 is 1.67 bits per heavy atom. The molecule has 288 valence electrons. The fraction of sp³-hybridized carbons (Fsp3) is 0.914. The monoisotopic (exact) mass is 705 g/mol. The Labute approximate surface area is 292 Å². The maximum absolute atomic E-state index is 12.6. The van der Waals surface area contributed by atoms with Crippen LogP contribution in [-0.4, -0.2) is 124 Å². The van der Waals surface area contributed by atoms with Gasteiger partial charge in [-0.25, -0.2) is 0 Å². The molecule has 14 heteroatoms. The average Bonchev–Trinajstić information content (AvgIpc) is 3.10. The zero-order chi connectivity index (χ0) is 36.4. The van der Waals surface area contributed by atoms with Crippen molar-refractivity contribution in [2.24, 2.45) is 0 Å². The predicted octanol–water partition coefficient (Wildman–Crippen LogP) is 1.30. The van der Waals surface area contributed by atoms with Gasteiger partial charge >= 0.3 is 0 Å². The Morgan fingerprint density at radius 1 is 0.673 bits per heavy atom. The summed E-state index contributed by atoms with van der Waals surface area (Å²) in [5.74, 6) is -0.103. The van der Waals surface area contributed by atoms with E-state index in [1.165, 1.54) is 0 Å². The van der Waals surface area contributed by atoms with Crippen LogP contribution in [0.2, 0.25) is 0 Å². The molecule has 0 radical (unpaired) electrons. The number of unbranched alkanes of at least 4 members (excludes halogenated alkanes) is 12. The first-order chi connectivity index (χ1) is 23.5. The molecule has 14 nitrogen and oxygen atoms in total. The normalized spacial score (nSPS) is 22.7. The lowest BCUT2D eigenvalue weighted by Crippen LogP contribution is -2.60. The minimum atomic E-state index is -1.62. The third-order valence-electron chi connectivity index (χ3n) is 8.99. The summed E-state index contributed by atoms with van der Waals surface area (Å²) in [5.41, 5.74) is 0. The van der Waals surface area contributed by atoms with Crippen molar-refractivity contribution >= 4 is 17.7 Å². The van der Waals surface area contributed by atoms with Gasteiger partial charge in [0.05, 0.1) is 25.4 Å². The predicted molar refractivity (Wildman–Crippen MR) is 184 cm³/mol. The number of aliphatic hydroxyl groups is 6.